The Hall–Kier alpha value is -0.910. The first kappa shape index (κ1) is 14.5. The third-order valence-electron chi connectivity index (χ3n) is 3.90. The summed E-state index contributed by atoms with van der Waals surface area (Å²) < 4.78 is 27.0. The number of nitrogens with two attached hydrogens (primary N) is 1. The molecule has 5 heteroatoms. The predicted octanol–water partition coefficient (Wildman–Crippen LogP) is 1.74. The van der Waals surface area contributed by atoms with Crippen LogP contribution >= 0.6 is 0 Å². The highest BCUT2D eigenvalue weighted by Gasteiger charge is 2.36. The monoisotopic (exact) mass is 282 g/mol. The highest BCUT2D eigenvalue weighted by Crippen LogP contribution is 2.28. The lowest BCUT2D eigenvalue weighted by molar-refractivity contribution is 0.192. The summed E-state index contributed by atoms with van der Waals surface area (Å²) in [5.41, 5.74) is 6.74. The molecule has 19 heavy (non-hydrogen) atoms. The molecule has 1 aliphatic rings. The van der Waals surface area contributed by atoms with Crippen molar-refractivity contribution in [3.05, 3.63) is 29.8 Å². The number of aryl methyl sites for hydroxylation is 1. The Labute approximate surface area is 115 Å². The molecule has 2 atom stereocenters. The molecule has 0 bridgehead atoms. The van der Waals surface area contributed by atoms with Gasteiger partial charge in [0.2, 0.25) is 10.0 Å². The second-order valence-electron chi connectivity index (χ2n) is 5.35. The standard InChI is InChI=1S/C14H22N2O2S/c1-11-5-3-7-13(9-11)19(17,18)16-8-4-6-12(2)14(16)10-15/h3,5,7,9,12,14H,4,6,8,10,15H2,1-2H3. The molecule has 1 aromatic carbocycles. The zero-order valence-electron chi connectivity index (χ0n) is 11.5. The first-order chi connectivity index (χ1) is 8.96. The van der Waals surface area contributed by atoms with E-state index in [0.29, 0.717) is 23.9 Å². The van der Waals surface area contributed by atoms with Crippen LogP contribution in [-0.4, -0.2) is 31.9 Å². The van der Waals surface area contributed by atoms with E-state index in [2.05, 4.69) is 6.92 Å². The molecule has 1 aromatic rings. The van der Waals surface area contributed by atoms with E-state index in [9.17, 15) is 8.42 Å². The van der Waals surface area contributed by atoms with Crippen molar-refractivity contribution in [3.8, 4) is 0 Å². The van der Waals surface area contributed by atoms with Crippen LogP contribution in [0.2, 0.25) is 0 Å². The van der Waals surface area contributed by atoms with Gasteiger partial charge >= 0.3 is 0 Å². The lowest BCUT2D eigenvalue weighted by atomic mass is 9.93. The number of piperidine rings is 1. The topological polar surface area (TPSA) is 63.4 Å². The number of rotatable bonds is 3. The number of nitrogens with zero attached hydrogens (tertiary/aromatic N) is 1. The molecule has 0 amide bonds. The molecule has 1 saturated heterocycles. The summed E-state index contributed by atoms with van der Waals surface area (Å²) in [7, 11) is -3.43. The first-order valence-electron chi connectivity index (χ1n) is 6.75. The van der Waals surface area contributed by atoms with Gasteiger partial charge in [-0.25, -0.2) is 8.42 Å². The maximum atomic E-state index is 12.7. The normalized spacial score (nSPS) is 25.4. The van der Waals surface area contributed by atoms with Crippen molar-refractivity contribution < 1.29 is 8.42 Å². The fourth-order valence-electron chi connectivity index (χ4n) is 2.77. The predicted molar refractivity (Wildman–Crippen MR) is 76.3 cm³/mol. The Morgan fingerprint density at radius 2 is 2.16 bits per heavy atom. The fraction of sp³-hybridized carbons (Fsp3) is 0.571. The van der Waals surface area contributed by atoms with Crippen LogP contribution in [0.3, 0.4) is 0 Å². The van der Waals surface area contributed by atoms with Crippen molar-refractivity contribution in [3.63, 3.8) is 0 Å². The Balaban J connectivity index is 2.38. The number of benzene rings is 1. The first-order valence-corrected chi connectivity index (χ1v) is 8.19. The SMILES string of the molecule is Cc1cccc(S(=O)(=O)N2CCCC(C)C2CN)c1. The molecule has 0 saturated carbocycles. The maximum absolute atomic E-state index is 12.7. The number of sulfonamides is 1. The van der Waals surface area contributed by atoms with E-state index in [-0.39, 0.29) is 6.04 Å². The molecule has 0 aromatic heterocycles. The van der Waals surface area contributed by atoms with E-state index in [0.717, 1.165) is 18.4 Å². The van der Waals surface area contributed by atoms with Crippen LogP contribution in [0.1, 0.15) is 25.3 Å². The summed E-state index contributed by atoms with van der Waals surface area (Å²) in [6, 6.07) is 6.99. The lowest BCUT2D eigenvalue weighted by Gasteiger charge is -2.38. The molecule has 0 spiro atoms. The van der Waals surface area contributed by atoms with Crippen LogP contribution in [-0.2, 0) is 10.0 Å². The zero-order valence-corrected chi connectivity index (χ0v) is 12.4. The quantitative estimate of drug-likeness (QED) is 0.918. The van der Waals surface area contributed by atoms with Crippen LogP contribution in [0.5, 0.6) is 0 Å². The van der Waals surface area contributed by atoms with Gasteiger partial charge in [-0.05, 0) is 43.4 Å². The van der Waals surface area contributed by atoms with Crippen molar-refractivity contribution in [2.45, 2.75) is 37.6 Å². The molecule has 0 radical (unpaired) electrons. The number of hydrogen-bond donors (Lipinski definition) is 1. The smallest absolute Gasteiger partial charge is 0.243 e. The summed E-state index contributed by atoms with van der Waals surface area (Å²) in [4.78, 5) is 0.375. The third-order valence-corrected chi connectivity index (χ3v) is 5.82. The lowest BCUT2D eigenvalue weighted by Crippen LogP contribution is -2.51. The summed E-state index contributed by atoms with van der Waals surface area (Å²) in [5, 5.41) is 0. The molecular formula is C14H22N2O2S. The third kappa shape index (κ3) is 2.83. The van der Waals surface area contributed by atoms with Gasteiger partial charge < -0.3 is 5.73 Å². The summed E-state index contributed by atoms with van der Waals surface area (Å²) in [6.45, 7) is 4.93. The van der Waals surface area contributed by atoms with E-state index in [1.807, 2.05) is 13.0 Å². The van der Waals surface area contributed by atoms with Crippen molar-refractivity contribution in [1.82, 2.24) is 4.31 Å². The van der Waals surface area contributed by atoms with Crippen molar-refractivity contribution in [2.75, 3.05) is 13.1 Å². The van der Waals surface area contributed by atoms with Gasteiger partial charge in [0.15, 0.2) is 0 Å². The summed E-state index contributed by atoms with van der Waals surface area (Å²) >= 11 is 0. The molecule has 2 unspecified atom stereocenters. The summed E-state index contributed by atoms with van der Waals surface area (Å²) in [6.07, 6.45) is 1.95. The average molecular weight is 282 g/mol. The van der Waals surface area contributed by atoms with Crippen LogP contribution in [0, 0.1) is 12.8 Å². The van der Waals surface area contributed by atoms with E-state index < -0.39 is 10.0 Å². The van der Waals surface area contributed by atoms with Gasteiger partial charge in [0.1, 0.15) is 0 Å². The Morgan fingerprint density at radius 3 is 2.79 bits per heavy atom. The van der Waals surface area contributed by atoms with Crippen LogP contribution in [0.25, 0.3) is 0 Å². The van der Waals surface area contributed by atoms with Crippen molar-refractivity contribution in [2.24, 2.45) is 11.7 Å². The van der Waals surface area contributed by atoms with Crippen LogP contribution < -0.4 is 5.73 Å². The van der Waals surface area contributed by atoms with Gasteiger partial charge in [0.25, 0.3) is 0 Å². The molecular weight excluding hydrogens is 260 g/mol. The Morgan fingerprint density at radius 1 is 1.42 bits per heavy atom. The fourth-order valence-corrected chi connectivity index (χ4v) is 4.65. The molecule has 1 fully saturated rings. The molecule has 2 N–H and O–H groups in total. The Bertz CT molecular complexity index is 542. The molecule has 1 heterocycles. The van der Waals surface area contributed by atoms with Crippen molar-refractivity contribution >= 4 is 10.0 Å². The maximum Gasteiger partial charge on any atom is 0.243 e. The van der Waals surface area contributed by atoms with E-state index in [1.54, 1.807) is 22.5 Å². The van der Waals surface area contributed by atoms with E-state index >= 15 is 0 Å². The minimum Gasteiger partial charge on any atom is -0.329 e. The molecule has 4 nitrogen and oxygen atoms in total. The van der Waals surface area contributed by atoms with Gasteiger partial charge in [-0.1, -0.05) is 19.1 Å². The molecule has 106 valence electrons. The van der Waals surface area contributed by atoms with Crippen LogP contribution in [0.15, 0.2) is 29.2 Å². The highest BCUT2D eigenvalue weighted by atomic mass is 32.2. The largest absolute Gasteiger partial charge is 0.329 e. The van der Waals surface area contributed by atoms with Gasteiger partial charge in [0, 0.05) is 19.1 Å². The molecule has 0 aliphatic carbocycles. The van der Waals surface area contributed by atoms with Crippen LogP contribution in [0.4, 0.5) is 0 Å². The van der Waals surface area contributed by atoms with Crippen molar-refractivity contribution in [1.29, 1.82) is 0 Å². The number of hydrogen-bond acceptors (Lipinski definition) is 3. The second-order valence-corrected chi connectivity index (χ2v) is 7.25. The van der Waals surface area contributed by atoms with Gasteiger partial charge in [0.05, 0.1) is 4.90 Å². The van der Waals surface area contributed by atoms with Gasteiger partial charge in [-0.2, -0.15) is 4.31 Å². The zero-order chi connectivity index (χ0) is 14.0. The van der Waals surface area contributed by atoms with E-state index in [1.165, 1.54) is 0 Å². The van der Waals surface area contributed by atoms with Gasteiger partial charge in [-0.15, -0.1) is 0 Å². The minimum atomic E-state index is -3.43. The van der Waals surface area contributed by atoms with Gasteiger partial charge in [-0.3, -0.25) is 0 Å². The molecule has 1 aliphatic heterocycles. The Kier molecular flexibility index (Phi) is 4.28. The van der Waals surface area contributed by atoms with E-state index in [4.69, 9.17) is 5.73 Å². The highest BCUT2D eigenvalue weighted by molar-refractivity contribution is 7.89. The minimum absolute atomic E-state index is 0.0840. The average Bonchev–Trinajstić information content (AvgIpc) is 2.38. The molecule has 2 rings (SSSR count). The second kappa shape index (κ2) is 5.61. The summed E-state index contributed by atoms with van der Waals surface area (Å²) in [5.74, 6) is 0.318.